The molecule has 2 aromatic rings. The van der Waals surface area contributed by atoms with Crippen LogP contribution >= 0.6 is 11.6 Å². The minimum atomic E-state index is -3.91. The molecule has 0 aliphatic heterocycles. The third kappa shape index (κ3) is 3.72. The first-order valence-electron chi connectivity index (χ1n) is 6.36. The summed E-state index contributed by atoms with van der Waals surface area (Å²) in [7, 11) is -2.52. The maximum Gasteiger partial charge on any atom is 0.269 e. The Balaban J connectivity index is 2.38. The van der Waals surface area contributed by atoms with Gasteiger partial charge in [-0.1, -0.05) is 11.6 Å². The lowest BCUT2D eigenvalue weighted by molar-refractivity contribution is -0.384. The fourth-order valence-electron chi connectivity index (χ4n) is 1.86. The number of nitro benzene ring substituents is 1. The van der Waals surface area contributed by atoms with Gasteiger partial charge < -0.3 is 4.74 Å². The molecule has 7 nitrogen and oxygen atoms in total. The highest BCUT2D eigenvalue weighted by molar-refractivity contribution is 7.92. The normalized spacial score (nSPS) is 11.1. The molecule has 23 heavy (non-hydrogen) atoms. The zero-order valence-corrected chi connectivity index (χ0v) is 13.8. The molecule has 2 rings (SSSR count). The Hall–Kier alpha value is -2.32. The predicted octanol–water partition coefficient (Wildman–Crippen LogP) is 3.37. The third-order valence-electron chi connectivity index (χ3n) is 3.08. The first kappa shape index (κ1) is 17.0. The molecule has 2 aromatic carbocycles. The van der Waals surface area contributed by atoms with Crippen molar-refractivity contribution >= 4 is 33.0 Å². The molecule has 0 unspecified atom stereocenters. The van der Waals surface area contributed by atoms with Gasteiger partial charge in [0.15, 0.2) is 0 Å². The number of nitrogens with one attached hydrogen (secondary N) is 1. The van der Waals surface area contributed by atoms with Crippen molar-refractivity contribution in [3.63, 3.8) is 0 Å². The Morgan fingerprint density at radius 3 is 2.35 bits per heavy atom. The number of halogens is 1. The van der Waals surface area contributed by atoms with E-state index in [4.69, 9.17) is 16.3 Å². The molecular weight excluding hydrogens is 344 g/mol. The van der Waals surface area contributed by atoms with E-state index in [2.05, 4.69) is 4.72 Å². The Morgan fingerprint density at radius 1 is 1.22 bits per heavy atom. The fourth-order valence-corrected chi connectivity index (χ4v) is 3.08. The van der Waals surface area contributed by atoms with Gasteiger partial charge in [0.25, 0.3) is 15.7 Å². The topological polar surface area (TPSA) is 98.5 Å². The molecule has 122 valence electrons. The first-order chi connectivity index (χ1) is 10.7. The second kappa shape index (κ2) is 6.43. The van der Waals surface area contributed by atoms with Crippen LogP contribution < -0.4 is 9.46 Å². The van der Waals surface area contributed by atoms with Gasteiger partial charge in [-0.05, 0) is 30.7 Å². The van der Waals surface area contributed by atoms with Gasteiger partial charge in [-0.15, -0.1) is 0 Å². The predicted molar refractivity (Wildman–Crippen MR) is 86.6 cm³/mol. The number of rotatable bonds is 5. The average Bonchev–Trinajstić information content (AvgIpc) is 2.50. The molecule has 0 spiro atoms. The van der Waals surface area contributed by atoms with Crippen molar-refractivity contribution in [1.29, 1.82) is 0 Å². The Labute approximate surface area is 138 Å². The van der Waals surface area contributed by atoms with E-state index >= 15 is 0 Å². The van der Waals surface area contributed by atoms with Crippen molar-refractivity contribution in [2.24, 2.45) is 0 Å². The van der Waals surface area contributed by atoms with Crippen molar-refractivity contribution in [3.05, 3.63) is 57.1 Å². The summed E-state index contributed by atoms with van der Waals surface area (Å²) in [6.45, 7) is 1.73. The van der Waals surface area contributed by atoms with Crippen LogP contribution in [0.25, 0.3) is 0 Å². The van der Waals surface area contributed by atoms with E-state index in [-0.39, 0.29) is 22.0 Å². The lowest BCUT2D eigenvalue weighted by Gasteiger charge is -2.13. The van der Waals surface area contributed by atoms with Gasteiger partial charge >= 0.3 is 0 Å². The third-order valence-corrected chi connectivity index (χ3v) is 4.87. The minimum Gasteiger partial charge on any atom is -0.495 e. The maximum absolute atomic E-state index is 12.4. The number of benzene rings is 2. The van der Waals surface area contributed by atoms with Crippen molar-refractivity contribution in [3.8, 4) is 5.75 Å². The summed E-state index contributed by atoms with van der Waals surface area (Å²) >= 11 is 5.98. The lowest BCUT2D eigenvalue weighted by Crippen LogP contribution is -2.13. The highest BCUT2D eigenvalue weighted by atomic mass is 35.5. The molecule has 0 aliphatic rings. The van der Waals surface area contributed by atoms with E-state index in [0.29, 0.717) is 10.6 Å². The maximum atomic E-state index is 12.4. The molecule has 0 aromatic heterocycles. The molecule has 0 bridgehead atoms. The molecule has 0 amide bonds. The molecule has 0 saturated carbocycles. The monoisotopic (exact) mass is 356 g/mol. The van der Waals surface area contributed by atoms with Gasteiger partial charge in [-0.2, -0.15) is 0 Å². The van der Waals surface area contributed by atoms with Crippen LogP contribution in [0.15, 0.2) is 41.3 Å². The second-order valence-electron chi connectivity index (χ2n) is 4.66. The summed E-state index contributed by atoms with van der Waals surface area (Å²) in [6, 6.07) is 7.62. The van der Waals surface area contributed by atoms with E-state index in [1.807, 2.05) is 0 Å². The standard InChI is InChI=1S/C14H13ClN2O5S/c1-9-7-13(14(22-2)8-12(9)15)16-23(20,21)11-5-3-10(4-6-11)17(18)19/h3-8,16H,1-2H3. The van der Waals surface area contributed by atoms with Gasteiger partial charge in [-0.25, -0.2) is 8.42 Å². The molecule has 0 aliphatic carbocycles. The summed E-state index contributed by atoms with van der Waals surface area (Å²) in [6.07, 6.45) is 0. The molecule has 0 atom stereocenters. The SMILES string of the molecule is COc1cc(Cl)c(C)cc1NS(=O)(=O)c1ccc([N+](=O)[O-])cc1. The van der Waals surface area contributed by atoms with Crippen LogP contribution in [0.4, 0.5) is 11.4 Å². The van der Waals surface area contributed by atoms with Crippen LogP contribution in [0, 0.1) is 17.0 Å². The van der Waals surface area contributed by atoms with Gasteiger partial charge in [0.05, 0.1) is 22.6 Å². The molecule has 0 saturated heterocycles. The zero-order valence-electron chi connectivity index (χ0n) is 12.2. The zero-order chi connectivity index (χ0) is 17.2. The van der Waals surface area contributed by atoms with Crippen LogP contribution in [-0.4, -0.2) is 20.5 Å². The van der Waals surface area contributed by atoms with Gasteiger partial charge in [-0.3, -0.25) is 14.8 Å². The van der Waals surface area contributed by atoms with Crippen LogP contribution in [0.3, 0.4) is 0 Å². The van der Waals surface area contributed by atoms with E-state index in [9.17, 15) is 18.5 Å². The van der Waals surface area contributed by atoms with E-state index in [1.54, 1.807) is 13.0 Å². The molecule has 0 heterocycles. The van der Waals surface area contributed by atoms with E-state index in [0.717, 1.165) is 24.3 Å². The average molecular weight is 357 g/mol. The number of hydrogen-bond donors (Lipinski definition) is 1. The summed E-state index contributed by atoms with van der Waals surface area (Å²) in [5.74, 6) is 0.270. The van der Waals surface area contributed by atoms with Crippen LogP contribution in [0.2, 0.25) is 5.02 Å². The number of methoxy groups -OCH3 is 1. The van der Waals surface area contributed by atoms with Crippen molar-refractivity contribution in [2.75, 3.05) is 11.8 Å². The lowest BCUT2D eigenvalue weighted by atomic mass is 10.2. The highest BCUT2D eigenvalue weighted by Crippen LogP contribution is 2.32. The largest absolute Gasteiger partial charge is 0.495 e. The van der Waals surface area contributed by atoms with Crippen LogP contribution in [0.1, 0.15) is 5.56 Å². The van der Waals surface area contributed by atoms with Crippen LogP contribution in [-0.2, 0) is 10.0 Å². The van der Waals surface area contributed by atoms with Crippen molar-refractivity contribution in [1.82, 2.24) is 0 Å². The molecule has 9 heteroatoms. The smallest absolute Gasteiger partial charge is 0.269 e. The number of aryl methyl sites for hydroxylation is 1. The number of non-ortho nitro benzene ring substituents is 1. The Morgan fingerprint density at radius 2 is 1.83 bits per heavy atom. The highest BCUT2D eigenvalue weighted by Gasteiger charge is 2.18. The fraction of sp³-hybridized carbons (Fsp3) is 0.143. The Bertz CT molecular complexity index is 850. The van der Waals surface area contributed by atoms with Gasteiger partial charge in [0, 0.05) is 23.2 Å². The second-order valence-corrected chi connectivity index (χ2v) is 6.75. The number of anilines is 1. The number of nitro groups is 1. The first-order valence-corrected chi connectivity index (χ1v) is 8.22. The summed E-state index contributed by atoms with van der Waals surface area (Å²) in [5.41, 5.74) is 0.713. The van der Waals surface area contributed by atoms with Crippen LogP contribution in [0.5, 0.6) is 5.75 Å². The quantitative estimate of drug-likeness (QED) is 0.654. The van der Waals surface area contributed by atoms with E-state index < -0.39 is 14.9 Å². The molecule has 0 radical (unpaired) electrons. The Kier molecular flexibility index (Phi) is 4.76. The summed E-state index contributed by atoms with van der Waals surface area (Å²) < 4.78 is 32.3. The van der Waals surface area contributed by atoms with Gasteiger partial charge in [0.1, 0.15) is 5.75 Å². The van der Waals surface area contributed by atoms with Crippen molar-refractivity contribution in [2.45, 2.75) is 11.8 Å². The summed E-state index contributed by atoms with van der Waals surface area (Å²) in [4.78, 5) is 9.92. The minimum absolute atomic E-state index is 0.0993. The number of ether oxygens (including phenoxy) is 1. The number of nitrogens with zero attached hydrogens (tertiary/aromatic N) is 1. The number of sulfonamides is 1. The van der Waals surface area contributed by atoms with Crippen molar-refractivity contribution < 1.29 is 18.1 Å². The molecule has 1 N–H and O–H groups in total. The molecular formula is C14H13ClN2O5S. The van der Waals surface area contributed by atoms with Gasteiger partial charge in [0.2, 0.25) is 0 Å². The summed E-state index contributed by atoms with van der Waals surface area (Å²) in [5, 5.41) is 11.1. The van der Waals surface area contributed by atoms with E-state index in [1.165, 1.54) is 13.2 Å². The number of hydrogen-bond acceptors (Lipinski definition) is 5. The molecule has 0 fully saturated rings.